The molecule has 2 atom stereocenters. The summed E-state index contributed by atoms with van der Waals surface area (Å²) in [6.07, 6.45) is 0.765. The summed E-state index contributed by atoms with van der Waals surface area (Å²) in [7, 11) is 0. The third-order valence-corrected chi connectivity index (χ3v) is 6.68. The van der Waals surface area contributed by atoms with Crippen LogP contribution in [0.25, 0.3) is 5.76 Å². The minimum absolute atomic E-state index is 0.0511. The minimum Gasteiger partial charge on any atom is -0.508 e. The lowest BCUT2D eigenvalue weighted by Gasteiger charge is -2.31. The highest BCUT2D eigenvalue weighted by atomic mass is 16.5. The Morgan fingerprint density at radius 1 is 1.06 bits per heavy atom. The molecule has 0 aliphatic carbocycles. The van der Waals surface area contributed by atoms with Crippen molar-refractivity contribution in [1.29, 1.82) is 0 Å². The summed E-state index contributed by atoms with van der Waals surface area (Å²) >= 11 is 0. The van der Waals surface area contributed by atoms with Crippen LogP contribution in [0.3, 0.4) is 0 Å². The van der Waals surface area contributed by atoms with Gasteiger partial charge in [0.25, 0.3) is 11.7 Å². The summed E-state index contributed by atoms with van der Waals surface area (Å²) in [4.78, 5) is 30.0. The lowest BCUT2D eigenvalue weighted by Crippen LogP contribution is -2.42. The molecule has 0 radical (unpaired) electrons. The first kappa shape index (κ1) is 22.4. The van der Waals surface area contributed by atoms with Crippen molar-refractivity contribution in [3.8, 4) is 11.5 Å². The number of likely N-dealkylation sites (tertiary alicyclic amines) is 1. The second-order valence-corrected chi connectivity index (χ2v) is 8.99. The van der Waals surface area contributed by atoms with Gasteiger partial charge >= 0.3 is 0 Å². The smallest absolute Gasteiger partial charge is 0.295 e. The number of rotatable bonds is 5. The molecule has 5 rings (SSSR count). The fourth-order valence-corrected chi connectivity index (χ4v) is 4.91. The van der Waals surface area contributed by atoms with E-state index in [0.29, 0.717) is 43.9 Å². The standard InChI is InChI=1S/C26H28N2O6/c1-16-14-19-15-18(4-7-21(19)34-16)24(30)22-23(17-2-5-20(29)6-3-17)28(26(32)25(22)31)9-8-27-10-12-33-13-11-27/h2-7,15-16,23,29-30H,8-14H2,1H3/b24-22+. The van der Waals surface area contributed by atoms with Crippen molar-refractivity contribution in [2.24, 2.45) is 0 Å². The molecule has 2 saturated heterocycles. The van der Waals surface area contributed by atoms with E-state index in [2.05, 4.69) is 4.90 Å². The Bertz CT molecular complexity index is 1140. The molecule has 2 aromatic rings. The molecule has 34 heavy (non-hydrogen) atoms. The van der Waals surface area contributed by atoms with Gasteiger partial charge in [-0.15, -0.1) is 0 Å². The minimum atomic E-state index is -0.745. The van der Waals surface area contributed by atoms with Gasteiger partial charge < -0.3 is 24.6 Å². The highest BCUT2D eigenvalue weighted by molar-refractivity contribution is 6.46. The maximum absolute atomic E-state index is 13.2. The van der Waals surface area contributed by atoms with E-state index < -0.39 is 17.7 Å². The molecule has 3 aliphatic rings. The molecular weight excluding hydrogens is 436 g/mol. The molecule has 1 amide bonds. The van der Waals surface area contributed by atoms with Crippen LogP contribution in [0, 0.1) is 0 Å². The van der Waals surface area contributed by atoms with Gasteiger partial charge in [0.1, 0.15) is 23.4 Å². The summed E-state index contributed by atoms with van der Waals surface area (Å²) in [5.74, 6) is -0.687. The average molecular weight is 465 g/mol. The number of ketones is 1. The second-order valence-electron chi connectivity index (χ2n) is 8.99. The Labute approximate surface area is 198 Å². The van der Waals surface area contributed by atoms with Gasteiger partial charge in [0.05, 0.1) is 24.8 Å². The van der Waals surface area contributed by atoms with E-state index in [9.17, 15) is 19.8 Å². The first-order valence-electron chi connectivity index (χ1n) is 11.6. The Morgan fingerprint density at radius 3 is 2.53 bits per heavy atom. The second kappa shape index (κ2) is 9.12. The molecule has 0 spiro atoms. The quantitative estimate of drug-likeness (QED) is 0.398. The van der Waals surface area contributed by atoms with E-state index in [0.717, 1.165) is 24.4 Å². The van der Waals surface area contributed by atoms with Gasteiger partial charge in [0, 0.05) is 38.2 Å². The van der Waals surface area contributed by atoms with E-state index >= 15 is 0 Å². The normalized spacial score (nSPS) is 24.3. The van der Waals surface area contributed by atoms with Crippen LogP contribution in [-0.4, -0.2) is 77.2 Å². The van der Waals surface area contributed by atoms with E-state index in [1.807, 2.05) is 13.0 Å². The molecule has 8 heteroatoms. The number of amides is 1. The predicted molar refractivity (Wildman–Crippen MR) is 125 cm³/mol. The summed E-state index contributed by atoms with van der Waals surface area (Å²) in [5, 5.41) is 21.1. The van der Waals surface area contributed by atoms with Gasteiger partial charge in [0.2, 0.25) is 0 Å². The Balaban J connectivity index is 1.53. The van der Waals surface area contributed by atoms with Crippen molar-refractivity contribution in [2.45, 2.75) is 25.5 Å². The van der Waals surface area contributed by atoms with Crippen molar-refractivity contribution < 1.29 is 29.3 Å². The van der Waals surface area contributed by atoms with Gasteiger partial charge in [0.15, 0.2) is 0 Å². The van der Waals surface area contributed by atoms with E-state index in [1.54, 1.807) is 24.3 Å². The number of hydrogen-bond donors (Lipinski definition) is 2. The van der Waals surface area contributed by atoms with Crippen LogP contribution >= 0.6 is 0 Å². The van der Waals surface area contributed by atoms with E-state index in [4.69, 9.17) is 9.47 Å². The molecule has 3 heterocycles. The number of morpholine rings is 1. The lowest BCUT2D eigenvalue weighted by atomic mass is 9.94. The van der Waals surface area contributed by atoms with Crippen LogP contribution in [0.1, 0.15) is 29.7 Å². The zero-order valence-corrected chi connectivity index (χ0v) is 19.1. The third kappa shape index (κ3) is 4.15. The maximum Gasteiger partial charge on any atom is 0.295 e. The molecular formula is C26H28N2O6. The monoisotopic (exact) mass is 464 g/mol. The highest BCUT2D eigenvalue weighted by Gasteiger charge is 2.46. The van der Waals surface area contributed by atoms with Crippen molar-refractivity contribution in [1.82, 2.24) is 9.80 Å². The highest BCUT2D eigenvalue weighted by Crippen LogP contribution is 2.40. The predicted octanol–water partition coefficient (Wildman–Crippen LogP) is 2.47. The molecule has 2 aromatic carbocycles. The maximum atomic E-state index is 13.2. The lowest BCUT2D eigenvalue weighted by molar-refractivity contribution is -0.140. The fraction of sp³-hybridized carbons (Fsp3) is 0.385. The van der Waals surface area contributed by atoms with Crippen molar-refractivity contribution in [3.05, 3.63) is 64.7 Å². The summed E-state index contributed by atoms with van der Waals surface area (Å²) < 4.78 is 11.1. The summed E-state index contributed by atoms with van der Waals surface area (Å²) in [6, 6.07) is 11.0. The number of aromatic hydroxyl groups is 1. The first-order valence-corrected chi connectivity index (χ1v) is 11.6. The van der Waals surface area contributed by atoms with Crippen LogP contribution < -0.4 is 4.74 Å². The number of aliphatic hydroxyl groups excluding tert-OH is 1. The summed E-state index contributed by atoms with van der Waals surface area (Å²) in [6.45, 7) is 5.72. The number of fused-ring (bicyclic) bond motifs is 1. The molecule has 8 nitrogen and oxygen atoms in total. The Kier molecular flexibility index (Phi) is 6.02. The Hall–Kier alpha value is -3.36. The topological polar surface area (TPSA) is 99.5 Å². The largest absolute Gasteiger partial charge is 0.508 e. The van der Waals surface area contributed by atoms with Crippen LogP contribution in [0.4, 0.5) is 0 Å². The molecule has 2 fully saturated rings. The number of ether oxygens (including phenoxy) is 2. The van der Waals surface area contributed by atoms with E-state index in [1.165, 1.54) is 17.0 Å². The Morgan fingerprint density at radius 2 is 1.79 bits per heavy atom. The molecule has 2 N–H and O–H groups in total. The molecule has 0 aromatic heterocycles. The van der Waals surface area contributed by atoms with Gasteiger partial charge in [-0.25, -0.2) is 0 Å². The van der Waals surface area contributed by atoms with E-state index in [-0.39, 0.29) is 23.2 Å². The molecule has 3 aliphatic heterocycles. The number of phenolic OH excluding ortho intramolecular Hbond substituents is 1. The molecule has 2 unspecified atom stereocenters. The SMILES string of the molecule is CC1Cc2cc(/C(O)=C3\C(=O)C(=O)N(CCN4CCOCC4)C3c3ccc(O)cc3)ccc2O1. The van der Waals surface area contributed by atoms with Crippen LogP contribution in [0.2, 0.25) is 0 Å². The molecule has 0 bridgehead atoms. The number of phenols is 1. The number of nitrogens with zero attached hydrogens (tertiary/aromatic N) is 2. The number of carbonyl (C=O) groups excluding carboxylic acids is 2. The van der Waals surface area contributed by atoms with Gasteiger partial charge in [-0.3, -0.25) is 14.5 Å². The van der Waals surface area contributed by atoms with Crippen molar-refractivity contribution in [3.63, 3.8) is 0 Å². The molecule has 0 saturated carbocycles. The number of benzene rings is 2. The zero-order valence-electron chi connectivity index (χ0n) is 19.1. The number of hydrogen-bond acceptors (Lipinski definition) is 7. The van der Waals surface area contributed by atoms with Gasteiger partial charge in [-0.2, -0.15) is 0 Å². The van der Waals surface area contributed by atoms with Crippen molar-refractivity contribution >= 4 is 17.4 Å². The number of carbonyl (C=O) groups is 2. The van der Waals surface area contributed by atoms with Gasteiger partial charge in [-0.05, 0) is 48.4 Å². The van der Waals surface area contributed by atoms with Crippen molar-refractivity contribution in [2.75, 3.05) is 39.4 Å². The first-order chi connectivity index (χ1) is 16.4. The number of aliphatic hydroxyl groups is 1. The average Bonchev–Trinajstić information content (AvgIpc) is 3.34. The van der Waals surface area contributed by atoms with Crippen LogP contribution in [0.15, 0.2) is 48.0 Å². The number of Topliss-reactive ketones (excluding diaryl/α,β-unsaturated/α-hetero) is 1. The van der Waals surface area contributed by atoms with Crippen LogP contribution in [-0.2, 0) is 20.7 Å². The van der Waals surface area contributed by atoms with Crippen LogP contribution in [0.5, 0.6) is 11.5 Å². The summed E-state index contributed by atoms with van der Waals surface area (Å²) in [5.41, 5.74) is 2.15. The third-order valence-electron chi connectivity index (χ3n) is 6.68. The fourth-order valence-electron chi connectivity index (χ4n) is 4.91. The molecule has 178 valence electrons. The van der Waals surface area contributed by atoms with Gasteiger partial charge in [-0.1, -0.05) is 12.1 Å². The zero-order chi connectivity index (χ0) is 23.8.